The van der Waals surface area contributed by atoms with E-state index in [0.29, 0.717) is 11.1 Å². The third-order valence-electron chi connectivity index (χ3n) is 4.11. The molecule has 1 unspecified atom stereocenters. The Labute approximate surface area is 149 Å². The van der Waals surface area contributed by atoms with E-state index in [1.54, 1.807) is 24.3 Å². The standard InChI is InChI=1S/C18H17N3O5/c1-25-14-7-15(19-9-13(14)18(24)26-2)21-17(23)12-8-20-16(22)11-6-4-3-5-10(11)12/h3-7,9,12H,8H2,1-2H3,(H,20,22)(H,19,21,23). The number of pyridine rings is 1. The van der Waals surface area contributed by atoms with Crippen molar-refractivity contribution in [2.75, 3.05) is 26.1 Å². The minimum atomic E-state index is -0.587. The molecule has 8 heteroatoms. The van der Waals surface area contributed by atoms with Gasteiger partial charge in [0, 0.05) is 24.4 Å². The molecule has 0 bridgehead atoms. The second-order valence-electron chi connectivity index (χ2n) is 5.60. The van der Waals surface area contributed by atoms with Gasteiger partial charge < -0.3 is 20.1 Å². The Balaban J connectivity index is 1.84. The van der Waals surface area contributed by atoms with Gasteiger partial charge in [-0.2, -0.15) is 0 Å². The Morgan fingerprint density at radius 1 is 1.27 bits per heavy atom. The van der Waals surface area contributed by atoms with Crippen LogP contribution in [0.4, 0.5) is 5.82 Å². The van der Waals surface area contributed by atoms with Gasteiger partial charge in [0.25, 0.3) is 5.91 Å². The summed E-state index contributed by atoms with van der Waals surface area (Å²) in [6.45, 7) is 0.194. The largest absolute Gasteiger partial charge is 0.496 e. The first kappa shape index (κ1) is 17.4. The van der Waals surface area contributed by atoms with Crippen LogP contribution in [0.2, 0.25) is 0 Å². The molecule has 0 radical (unpaired) electrons. The number of carbonyl (C=O) groups excluding carboxylic acids is 3. The number of nitrogens with zero attached hydrogens (tertiary/aromatic N) is 1. The van der Waals surface area contributed by atoms with Crippen molar-refractivity contribution in [2.24, 2.45) is 0 Å². The Kier molecular flexibility index (Phi) is 4.83. The number of rotatable bonds is 4. The normalized spacial score (nSPS) is 15.5. The Morgan fingerprint density at radius 3 is 2.77 bits per heavy atom. The van der Waals surface area contributed by atoms with E-state index < -0.39 is 11.9 Å². The molecule has 2 N–H and O–H groups in total. The zero-order valence-electron chi connectivity index (χ0n) is 14.2. The lowest BCUT2D eigenvalue weighted by molar-refractivity contribution is -0.117. The predicted molar refractivity (Wildman–Crippen MR) is 92.3 cm³/mol. The zero-order chi connectivity index (χ0) is 18.7. The van der Waals surface area contributed by atoms with Crippen LogP contribution in [0.3, 0.4) is 0 Å². The fourth-order valence-corrected chi connectivity index (χ4v) is 2.79. The van der Waals surface area contributed by atoms with E-state index in [0.717, 1.165) is 0 Å². The van der Waals surface area contributed by atoms with Gasteiger partial charge in [0.05, 0.1) is 20.1 Å². The van der Waals surface area contributed by atoms with Gasteiger partial charge in [-0.05, 0) is 11.6 Å². The van der Waals surface area contributed by atoms with Crippen LogP contribution in [0, 0.1) is 0 Å². The van der Waals surface area contributed by atoms with Crippen LogP contribution in [-0.2, 0) is 9.53 Å². The number of hydrogen-bond acceptors (Lipinski definition) is 6. The summed E-state index contributed by atoms with van der Waals surface area (Å²) in [4.78, 5) is 40.3. The van der Waals surface area contributed by atoms with Crippen LogP contribution < -0.4 is 15.4 Å². The molecule has 0 aliphatic carbocycles. The molecule has 1 aliphatic rings. The van der Waals surface area contributed by atoms with E-state index >= 15 is 0 Å². The summed E-state index contributed by atoms with van der Waals surface area (Å²) < 4.78 is 9.81. The highest BCUT2D eigenvalue weighted by molar-refractivity contribution is 6.03. The molecule has 1 aromatic heterocycles. The number of anilines is 1. The molecule has 0 saturated carbocycles. The molecular formula is C18H17N3O5. The lowest BCUT2D eigenvalue weighted by Crippen LogP contribution is -2.40. The van der Waals surface area contributed by atoms with E-state index in [2.05, 4.69) is 20.4 Å². The molecule has 2 amide bonds. The number of carbonyl (C=O) groups is 3. The van der Waals surface area contributed by atoms with Crippen LogP contribution in [0.15, 0.2) is 36.5 Å². The highest BCUT2D eigenvalue weighted by Gasteiger charge is 2.30. The molecule has 2 aromatic rings. The third kappa shape index (κ3) is 3.21. The number of esters is 1. The lowest BCUT2D eigenvalue weighted by atomic mass is 9.90. The first-order valence-electron chi connectivity index (χ1n) is 7.85. The van der Waals surface area contributed by atoms with Gasteiger partial charge in [-0.25, -0.2) is 9.78 Å². The monoisotopic (exact) mass is 355 g/mol. The van der Waals surface area contributed by atoms with Crippen molar-refractivity contribution in [1.29, 1.82) is 0 Å². The van der Waals surface area contributed by atoms with Crippen molar-refractivity contribution in [3.8, 4) is 5.75 Å². The second-order valence-corrected chi connectivity index (χ2v) is 5.60. The summed E-state index contributed by atoms with van der Waals surface area (Å²) in [6.07, 6.45) is 1.27. The number of aromatic nitrogens is 1. The van der Waals surface area contributed by atoms with Gasteiger partial charge in [-0.3, -0.25) is 9.59 Å². The summed E-state index contributed by atoms with van der Waals surface area (Å²) in [5.41, 5.74) is 1.29. The van der Waals surface area contributed by atoms with Gasteiger partial charge in [0.15, 0.2) is 0 Å². The van der Waals surface area contributed by atoms with E-state index in [1.165, 1.54) is 26.5 Å². The molecule has 0 fully saturated rings. The summed E-state index contributed by atoms with van der Waals surface area (Å²) in [7, 11) is 2.66. The SMILES string of the molecule is COC(=O)c1cnc(NC(=O)C2CNC(=O)c3ccccc32)cc1OC. The van der Waals surface area contributed by atoms with Gasteiger partial charge in [-0.1, -0.05) is 18.2 Å². The van der Waals surface area contributed by atoms with E-state index in [9.17, 15) is 14.4 Å². The lowest BCUT2D eigenvalue weighted by Gasteiger charge is -2.24. The molecular weight excluding hydrogens is 338 g/mol. The summed E-state index contributed by atoms with van der Waals surface area (Å²) >= 11 is 0. The highest BCUT2D eigenvalue weighted by Crippen LogP contribution is 2.26. The summed E-state index contributed by atoms with van der Waals surface area (Å²) in [5, 5.41) is 5.40. The van der Waals surface area contributed by atoms with E-state index in [1.807, 2.05) is 0 Å². The van der Waals surface area contributed by atoms with Crippen LogP contribution in [-0.4, -0.2) is 43.5 Å². The number of methoxy groups -OCH3 is 2. The maximum atomic E-state index is 12.7. The minimum Gasteiger partial charge on any atom is -0.496 e. The Hall–Kier alpha value is -3.42. The van der Waals surface area contributed by atoms with Gasteiger partial charge in [0.1, 0.15) is 17.1 Å². The summed E-state index contributed by atoms with van der Waals surface area (Å²) in [5.74, 6) is -1.19. The molecule has 1 atom stereocenters. The number of benzene rings is 1. The average molecular weight is 355 g/mol. The fourth-order valence-electron chi connectivity index (χ4n) is 2.79. The number of amides is 2. The van der Waals surface area contributed by atoms with Crippen molar-refractivity contribution in [3.05, 3.63) is 53.2 Å². The molecule has 134 valence electrons. The van der Waals surface area contributed by atoms with Crippen LogP contribution in [0.25, 0.3) is 0 Å². The molecule has 1 aliphatic heterocycles. The zero-order valence-corrected chi connectivity index (χ0v) is 14.2. The Morgan fingerprint density at radius 2 is 2.04 bits per heavy atom. The maximum Gasteiger partial charge on any atom is 0.343 e. The fraction of sp³-hybridized carbons (Fsp3) is 0.222. The van der Waals surface area contributed by atoms with Gasteiger partial charge in [0.2, 0.25) is 5.91 Å². The molecule has 0 saturated heterocycles. The van der Waals surface area contributed by atoms with Gasteiger partial charge >= 0.3 is 5.97 Å². The molecule has 3 rings (SSSR count). The van der Waals surface area contributed by atoms with Crippen molar-refractivity contribution in [2.45, 2.75) is 5.92 Å². The quantitative estimate of drug-likeness (QED) is 0.802. The first-order valence-corrected chi connectivity index (χ1v) is 7.85. The van der Waals surface area contributed by atoms with Crippen molar-refractivity contribution in [3.63, 3.8) is 0 Å². The minimum absolute atomic E-state index is 0.156. The Bertz CT molecular complexity index is 881. The van der Waals surface area contributed by atoms with E-state index in [-0.39, 0.29) is 35.5 Å². The van der Waals surface area contributed by atoms with Crippen molar-refractivity contribution < 1.29 is 23.9 Å². The van der Waals surface area contributed by atoms with E-state index in [4.69, 9.17) is 4.74 Å². The van der Waals surface area contributed by atoms with Crippen LogP contribution in [0.5, 0.6) is 5.75 Å². The second kappa shape index (κ2) is 7.22. The highest BCUT2D eigenvalue weighted by atomic mass is 16.5. The molecule has 1 aromatic carbocycles. The summed E-state index contributed by atoms with van der Waals surface area (Å²) in [6, 6.07) is 8.40. The maximum absolute atomic E-state index is 12.7. The van der Waals surface area contributed by atoms with Crippen molar-refractivity contribution >= 4 is 23.6 Å². The molecule has 8 nitrogen and oxygen atoms in total. The average Bonchev–Trinajstić information content (AvgIpc) is 2.67. The number of hydrogen-bond donors (Lipinski definition) is 2. The smallest absolute Gasteiger partial charge is 0.343 e. The van der Waals surface area contributed by atoms with Gasteiger partial charge in [-0.15, -0.1) is 0 Å². The molecule has 0 spiro atoms. The first-order chi connectivity index (χ1) is 12.5. The third-order valence-corrected chi connectivity index (χ3v) is 4.11. The molecule has 26 heavy (non-hydrogen) atoms. The molecule has 2 heterocycles. The topological polar surface area (TPSA) is 107 Å². The number of nitrogens with one attached hydrogen (secondary N) is 2. The number of fused-ring (bicyclic) bond motifs is 1. The number of ether oxygens (including phenoxy) is 2. The van der Waals surface area contributed by atoms with Crippen LogP contribution in [0.1, 0.15) is 32.2 Å². The predicted octanol–water partition coefficient (Wildman–Crippen LogP) is 1.34. The van der Waals surface area contributed by atoms with Crippen molar-refractivity contribution in [1.82, 2.24) is 10.3 Å². The van der Waals surface area contributed by atoms with Crippen LogP contribution >= 0.6 is 0 Å².